The molecule has 0 aliphatic carbocycles. The van der Waals surface area contributed by atoms with Crippen molar-refractivity contribution in [1.82, 2.24) is 14.9 Å². The summed E-state index contributed by atoms with van der Waals surface area (Å²) in [4.78, 5) is 7.14. The molecule has 0 saturated carbocycles. The molecule has 9 heteroatoms. The van der Waals surface area contributed by atoms with Gasteiger partial charge >= 0.3 is 0 Å². The van der Waals surface area contributed by atoms with Gasteiger partial charge in [0.2, 0.25) is 10.0 Å². The van der Waals surface area contributed by atoms with Gasteiger partial charge in [0, 0.05) is 39.2 Å². The number of benzene rings is 1. The summed E-state index contributed by atoms with van der Waals surface area (Å²) in [5.41, 5.74) is 1.67. The van der Waals surface area contributed by atoms with E-state index in [0.29, 0.717) is 17.4 Å². The molecular weight excluding hydrogens is 491 g/mol. The van der Waals surface area contributed by atoms with E-state index < -0.39 is 10.0 Å². The first kappa shape index (κ1) is 25.1. The summed E-state index contributed by atoms with van der Waals surface area (Å²) in [6.45, 7) is 9.75. The third kappa shape index (κ3) is 7.16. The minimum atomic E-state index is -3.53. The summed E-state index contributed by atoms with van der Waals surface area (Å²) in [6.07, 6.45) is 1.08. The number of ether oxygens (including phenoxy) is 1. The number of hydrogen-bond donors (Lipinski definition) is 2. The predicted octanol–water partition coefficient (Wildman–Crippen LogP) is 2.13. The average molecular weight is 524 g/mol. The summed E-state index contributed by atoms with van der Waals surface area (Å²) in [5.74, 6) is 1.35. The maximum Gasteiger partial charge on any atom is 0.240 e. The molecule has 0 spiro atoms. The number of nitrogens with one attached hydrogen (secondary N) is 2. The van der Waals surface area contributed by atoms with Gasteiger partial charge in [0.15, 0.2) is 5.96 Å². The fourth-order valence-electron chi connectivity index (χ4n) is 3.24. The Kier molecular flexibility index (Phi) is 10.7. The van der Waals surface area contributed by atoms with Gasteiger partial charge < -0.3 is 15.0 Å². The SMILES string of the molecule is CCNC(=NCCNS(=O)(=O)c1cc(C)ccc1C)N1CCC(COC)C1.I. The Bertz CT molecular complexity index is 756. The number of halogens is 1. The molecule has 7 nitrogen and oxygen atoms in total. The second-order valence-corrected chi connectivity index (χ2v) is 8.69. The molecule has 1 atom stereocenters. The number of aliphatic imine (C=N–C) groups is 1. The lowest BCUT2D eigenvalue weighted by molar-refractivity contribution is 0.157. The van der Waals surface area contributed by atoms with Crippen molar-refractivity contribution in [3.8, 4) is 0 Å². The van der Waals surface area contributed by atoms with Crippen LogP contribution in [-0.4, -0.2) is 65.7 Å². The monoisotopic (exact) mass is 524 g/mol. The molecule has 1 aromatic rings. The molecule has 1 saturated heterocycles. The Morgan fingerprint density at radius 2 is 2.11 bits per heavy atom. The van der Waals surface area contributed by atoms with Crippen molar-refractivity contribution in [2.75, 3.05) is 46.4 Å². The zero-order chi connectivity index (χ0) is 19.9. The van der Waals surface area contributed by atoms with Crippen LogP contribution in [0.2, 0.25) is 0 Å². The highest BCUT2D eigenvalue weighted by Gasteiger charge is 2.24. The fourth-order valence-corrected chi connectivity index (χ4v) is 4.59. The third-order valence-corrected chi connectivity index (χ3v) is 6.22. The number of methoxy groups -OCH3 is 1. The van der Waals surface area contributed by atoms with Gasteiger partial charge in [0.05, 0.1) is 18.0 Å². The molecule has 0 radical (unpaired) electrons. The Morgan fingerprint density at radius 3 is 2.79 bits per heavy atom. The number of aryl methyl sites for hydroxylation is 2. The number of guanidine groups is 1. The van der Waals surface area contributed by atoms with Gasteiger partial charge in [-0.3, -0.25) is 4.99 Å². The van der Waals surface area contributed by atoms with Crippen LogP contribution < -0.4 is 10.0 Å². The van der Waals surface area contributed by atoms with Crippen LogP contribution in [-0.2, 0) is 14.8 Å². The largest absolute Gasteiger partial charge is 0.384 e. The van der Waals surface area contributed by atoms with Crippen LogP contribution in [0.3, 0.4) is 0 Å². The van der Waals surface area contributed by atoms with Crippen molar-refractivity contribution in [2.45, 2.75) is 32.1 Å². The van der Waals surface area contributed by atoms with E-state index in [0.717, 1.165) is 49.7 Å². The lowest BCUT2D eigenvalue weighted by atomic mass is 10.1. The van der Waals surface area contributed by atoms with Crippen molar-refractivity contribution in [1.29, 1.82) is 0 Å². The molecular formula is C19H33IN4O3S. The number of nitrogens with zero attached hydrogens (tertiary/aromatic N) is 2. The zero-order valence-electron chi connectivity index (χ0n) is 17.2. The van der Waals surface area contributed by atoms with Gasteiger partial charge in [-0.1, -0.05) is 12.1 Å². The Morgan fingerprint density at radius 1 is 1.36 bits per heavy atom. The molecule has 1 aliphatic heterocycles. The summed E-state index contributed by atoms with van der Waals surface area (Å²) in [5, 5.41) is 3.29. The van der Waals surface area contributed by atoms with Crippen LogP contribution in [0.5, 0.6) is 0 Å². The van der Waals surface area contributed by atoms with E-state index in [1.54, 1.807) is 20.1 Å². The molecule has 0 aromatic heterocycles. The molecule has 1 aliphatic rings. The average Bonchev–Trinajstić information content (AvgIpc) is 3.08. The summed E-state index contributed by atoms with van der Waals surface area (Å²) >= 11 is 0. The molecule has 1 aromatic carbocycles. The van der Waals surface area contributed by atoms with Gasteiger partial charge in [-0.25, -0.2) is 13.1 Å². The highest BCUT2D eigenvalue weighted by atomic mass is 127. The minimum absolute atomic E-state index is 0. The molecule has 2 rings (SSSR count). The maximum absolute atomic E-state index is 12.5. The number of rotatable bonds is 8. The smallest absolute Gasteiger partial charge is 0.240 e. The van der Waals surface area contributed by atoms with E-state index in [-0.39, 0.29) is 30.5 Å². The van der Waals surface area contributed by atoms with E-state index in [1.807, 2.05) is 26.0 Å². The van der Waals surface area contributed by atoms with E-state index >= 15 is 0 Å². The van der Waals surface area contributed by atoms with Gasteiger partial charge in [-0.2, -0.15) is 0 Å². The maximum atomic E-state index is 12.5. The predicted molar refractivity (Wildman–Crippen MR) is 124 cm³/mol. The highest BCUT2D eigenvalue weighted by molar-refractivity contribution is 14.0. The van der Waals surface area contributed by atoms with Crippen molar-refractivity contribution in [3.63, 3.8) is 0 Å². The first-order chi connectivity index (χ1) is 12.9. The van der Waals surface area contributed by atoms with Crippen LogP contribution in [0.25, 0.3) is 0 Å². The number of sulfonamides is 1. The summed E-state index contributed by atoms with van der Waals surface area (Å²) in [6, 6.07) is 5.44. The lowest BCUT2D eigenvalue weighted by Gasteiger charge is -2.21. The molecule has 0 amide bonds. The lowest BCUT2D eigenvalue weighted by Crippen LogP contribution is -2.40. The molecule has 2 N–H and O–H groups in total. The topological polar surface area (TPSA) is 83.0 Å². The normalized spacial score (nSPS) is 17.5. The molecule has 160 valence electrons. The quantitative estimate of drug-likeness (QED) is 0.236. The van der Waals surface area contributed by atoms with Crippen molar-refractivity contribution < 1.29 is 13.2 Å². The van der Waals surface area contributed by atoms with Crippen molar-refractivity contribution in [3.05, 3.63) is 29.3 Å². The Balaban J connectivity index is 0.00000392. The molecule has 1 heterocycles. The number of likely N-dealkylation sites (tertiary alicyclic amines) is 1. The fraction of sp³-hybridized carbons (Fsp3) is 0.632. The van der Waals surface area contributed by atoms with Crippen LogP contribution >= 0.6 is 24.0 Å². The number of hydrogen-bond acceptors (Lipinski definition) is 4. The first-order valence-corrected chi connectivity index (χ1v) is 10.9. The van der Waals surface area contributed by atoms with Gasteiger partial charge in [-0.15, -0.1) is 24.0 Å². The van der Waals surface area contributed by atoms with Crippen LogP contribution in [0.1, 0.15) is 24.5 Å². The van der Waals surface area contributed by atoms with Gasteiger partial charge in [0.25, 0.3) is 0 Å². The first-order valence-electron chi connectivity index (χ1n) is 9.46. The highest BCUT2D eigenvalue weighted by Crippen LogP contribution is 2.17. The Hall–Kier alpha value is -0.910. The zero-order valence-corrected chi connectivity index (χ0v) is 20.3. The van der Waals surface area contributed by atoms with E-state index in [1.165, 1.54) is 0 Å². The van der Waals surface area contributed by atoms with Crippen LogP contribution in [0, 0.1) is 19.8 Å². The Labute approximate surface area is 186 Å². The van der Waals surface area contributed by atoms with Gasteiger partial charge in [-0.05, 0) is 44.4 Å². The van der Waals surface area contributed by atoms with E-state index in [2.05, 4.69) is 19.9 Å². The summed E-state index contributed by atoms with van der Waals surface area (Å²) in [7, 11) is -1.80. The van der Waals surface area contributed by atoms with Crippen molar-refractivity contribution in [2.24, 2.45) is 10.9 Å². The second-order valence-electron chi connectivity index (χ2n) is 6.96. The summed E-state index contributed by atoms with van der Waals surface area (Å²) < 4.78 is 33.0. The van der Waals surface area contributed by atoms with Gasteiger partial charge in [0.1, 0.15) is 0 Å². The van der Waals surface area contributed by atoms with Crippen LogP contribution in [0.4, 0.5) is 0 Å². The van der Waals surface area contributed by atoms with Crippen molar-refractivity contribution >= 4 is 40.0 Å². The van der Waals surface area contributed by atoms with E-state index in [9.17, 15) is 8.42 Å². The van der Waals surface area contributed by atoms with Crippen LogP contribution in [0.15, 0.2) is 28.1 Å². The molecule has 1 fully saturated rings. The standard InChI is InChI=1S/C19H32N4O3S.HI/c1-5-20-19(23-11-8-17(13-23)14-26-4)21-9-10-22-27(24,25)18-12-15(2)6-7-16(18)3;/h6-7,12,17,22H,5,8-11,13-14H2,1-4H3,(H,20,21);1H. The molecule has 1 unspecified atom stereocenters. The molecule has 0 bridgehead atoms. The third-order valence-electron chi connectivity index (χ3n) is 4.62. The minimum Gasteiger partial charge on any atom is -0.384 e. The van der Waals surface area contributed by atoms with E-state index in [4.69, 9.17) is 4.74 Å². The molecule has 28 heavy (non-hydrogen) atoms. The second kappa shape index (κ2) is 11.9.